The predicted molar refractivity (Wildman–Crippen MR) is 86.5 cm³/mol. The van der Waals surface area contributed by atoms with Crippen LogP contribution in [0.4, 0.5) is 0 Å². The van der Waals surface area contributed by atoms with Crippen molar-refractivity contribution >= 4 is 29.1 Å². The number of carbonyl (C=O) groups is 2. The van der Waals surface area contributed by atoms with E-state index >= 15 is 0 Å². The van der Waals surface area contributed by atoms with Crippen molar-refractivity contribution in [3.05, 3.63) is 36.2 Å². The molecule has 6 heteroatoms. The standard InChI is InChI=1S/C17H20N2O4/c1-12(2)9-10-18-15(20)11-22-17(21)8-7-16-19-13-5-3-4-6-14(13)23-16/h3-8,12H,9-11H2,1-2H3,(H,18,20)/b8-7+. The van der Waals surface area contributed by atoms with Crippen LogP contribution < -0.4 is 5.32 Å². The van der Waals surface area contributed by atoms with Crippen LogP contribution in [0.1, 0.15) is 26.2 Å². The normalized spacial score (nSPS) is 11.3. The molecule has 2 aromatic rings. The summed E-state index contributed by atoms with van der Waals surface area (Å²) in [5.41, 5.74) is 1.36. The number of amides is 1. The minimum Gasteiger partial charge on any atom is -0.452 e. The summed E-state index contributed by atoms with van der Waals surface area (Å²) in [7, 11) is 0. The molecule has 0 atom stereocenters. The van der Waals surface area contributed by atoms with Crippen LogP contribution in [-0.4, -0.2) is 30.0 Å². The lowest BCUT2D eigenvalue weighted by atomic mass is 10.1. The number of nitrogens with zero attached hydrogens (tertiary/aromatic N) is 1. The fourth-order valence-electron chi connectivity index (χ4n) is 1.84. The van der Waals surface area contributed by atoms with E-state index in [1.807, 2.05) is 18.2 Å². The van der Waals surface area contributed by atoms with E-state index in [9.17, 15) is 9.59 Å². The van der Waals surface area contributed by atoms with Crippen molar-refractivity contribution in [2.45, 2.75) is 20.3 Å². The van der Waals surface area contributed by atoms with Gasteiger partial charge in [-0.1, -0.05) is 26.0 Å². The van der Waals surface area contributed by atoms with Crippen LogP contribution in [0.25, 0.3) is 17.2 Å². The van der Waals surface area contributed by atoms with Gasteiger partial charge in [-0.3, -0.25) is 4.79 Å². The zero-order valence-corrected chi connectivity index (χ0v) is 13.2. The first kappa shape index (κ1) is 16.7. The Morgan fingerprint density at radius 2 is 2.13 bits per heavy atom. The molecule has 0 fully saturated rings. The van der Waals surface area contributed by atoms with E-state index in [0.29, 0.717) is 29.5 Å². The third kappa shape index (κ3) is 5.58. The molecule has 122 valence electrons. The molecule has 0 saturated heterocycles. The van der Waals surface area contributed by atoms with Crippen molar-refractivity contribution in [2.24, 2.45) is 5.92 Å². The summed E-state index contributed by atoms with van der Waals surface area (Å²) < 4.78 is 10.3. The number of hydrogen-bond acceptors (Lipinski definition) is 5. The predicted octanol–water partition coefficient (Wildman–Crippen LogP) is 2.55. The molecule has 6 nitrogen and oxygen atoms in total. The molecule has 1 amide bonds. The van der Waals surface area contributed by atoms with Crippen molar-refractivity contribution < 1.29 is 18.7 Å². The van der Waals surface area contributed by atoms with Crippen LogP contribution >= 0.6 is 0 Å². The van der Waals surface area contributed by atoms with Crippen molar-refractivity contribution in [2.75, 3.05) is 13.2 Å². The van der Waals surface area contributed by atoms with E-state index in [0.717, 1.165) is 6.42 Å². The fraction of sp³-hybridized carbons (Fsp3) is 0.353. The van der Waals surface area contributed by atoms with Crippen LogP contribution in [0.5, 0.6) is 0 Å². The van der Waals surface area contributed by atoms with Crippen molar-refractivity contribution in [1.29, 1.82) is 0 Å². The number of fused-ring (bicyclic) bond motifs is 1. The fourth-order valence-corrected chi connectivity index (χ4v) is 1.84. The molecular weight excluding hydrogens is 296 g/mol. The van der Waals surface area contributed by atoms with Gasteiger partial charge in [-0.15, -0.1) is 0 Å². The van der Waals surface area contributed by atoms with E-state index < -0.39 is 5.97 Å². The number of para-hydroxylation sites is 2. The maximum Gasteiger partial charge on any atom is 0.331 e. The molecule has 0 aliphatic rings. The molecule has 1 N–H and O–H groups in total. The summed E-state index contributed by atoms with van der Waals surface area (Å²) in [5, 5.41) is 2.69. The maximum atomic E-state index is 11.6. The molecule has 0 unspecified atom stereocenters. The van der Waals surface area contributed by atoms with Crippen molar-refractivity contribution in [3.8, 4) is 0 Å². The van der Waals surface area contributed by atoms with Gasteiger partial charge >= 0.3 is 5.97 Å². The first-order valence-corrected chi connectivity index (χ1v) is 7.51. The number of carbonyl (C=O) groups excluding carboxylic acids is 2. The van der Waals surface area contributed by atoms with Gasteiger partial charge in [0.1, 0.15) is 5.52 Å². The van der Waals surface area contributed by atoms with Gasteiger partial charge in [0.05, 0.1) is 0 Å². The Morgan fingerprint density at radius 1 is 1.35 bits per heavy atom. The Hall–Kier alpha value is -2.63. The molecule has 0 spiro atoms. The largest absolute Gasteiger partial charge is 0.452 e. The van der Waals surface area contributed by atoms with Crippen LogP contribution in [0.15, 0.2) is 34.8 Å². The van der Waals surface area contributed by atoms with Crippen LogP contribution in [-0.2, 0) is 14.3 Å². The smallest absolute Gasteiger partial charge is 0.331 e. The highest BCUT2D eigenvalue weighted by atomic mass is 16.5. The third-order valence-electron chi connectivity index (χ3n) is 3.06. The summed E-state index contributed by atoms with van der Waals surface area (Å²) in [6, 6.07) is 7.30. The second-order valence-electron chi connectivity index (χ2n) is 5.49. The molecule has 0 aliphatic carbocycles. The number of nitrogens with one attached hydrogen (secondary N) is 1. The second kappa shape index (κ2) is 8.12. The monoisotopic (exact) mass is 316 g/mol. The molecule has 1 aromatic carbocycles. The number of hydrogen-bond donors (Lipinski definition) is 1. The van der Waals surface area contributed by atoms with Gasteiger partial charge in [0.25, 0.3) is 5.91 Å². The zero-order chi connectivity index (χ0) is 16.7. The van der Waals surface area contributed by atoms with Gasteiger partial charge < -0.3 is 14.5 Å². The quantitative estimate of drug-likeness (QED) is 0.627. The van der Waals surface area contributed by atoms with Gasteiger partial charge in [0.2, 0.25) is 5.89 Å². The summed E-state index contributed by atoms with van der Waals surface area (Å²) in [6.45, 7) is 4.42. The van der Waals surface area contributed by atoms with Crippen LogP contribution in [0, 0.1) is 5.92 Å². The Morgan fingerprint density at radius 3 is 2.87 bits per heavy atom. The molecule has 0 saturated carbocycles. The third-order valence-corrected chi connectivity index (χ3v) is 3.06. The number of oxazole rings is 1. The highest BCUT2D eigenvalue weighted by Gasteiger charge is 2.06. The van der Waals surface area contributed by atoms with Crippen LogP contribution in [0.3, 0.4) is 0 Å². The highest BCUT2D eigenvalue weighted by molar-refractivity contribution is 5.89. The molecule has 1 aromatic heterocycles. The average Bonchev–Trinajstić information content (AvgIpc) is 2.93. The Labute approximate surface area is 134 Å². The molecule has 1 heterocycles. The molecular formula is C17H20N2O4. The number of rotatable bonds is 7. The van der Waals surface area contributed by atoms with E-state index in [-0.39, 0.29) is 12.5 Å². The second-order valence-corrected chi connectivity index (χ2v) is 5.49. The molecule has 0 bridgehead atoms. The van der Waals surface area contributed by atoms with E-state index in [1.54, 1.807) is 6.07 Å². The lowest BCUT2D eigenvalue weighted by Crippen LogP contribution is -2.29. The minimum atomic E-state index is -0.619. The number of aromatic nitrogens is 1. The minimum absolute atomic E-state index is 0.297. The summed E-state index contributed by atoms with van der Waals surface area (Å²) in [5.74, 6) is -0.109. The van der Waals surface area contributed by atoms with E-state index in [4.69, 9.17) is 9.15 Å². The number of benzene rings is 1. The van der Waals surface area contributed by atoms with E-state index in [2.05, 4.69) is 24.1 Å². The first-order chi connectivity index (χ1) is 11.0. The van der Waals surface area contributed by atoms with Gasteiger partial charge in [0.15, 0.2) is 12.2 Å². The van der Waals surface area contributed by atoms with Gasteiger partial charge in [-0.05, 0) is 24.5 Å². The molecule has 2 rings (SSSR count). The molecule has 23 heavy (non-hydrogen) atoms. The van der Waals surface area contributed by atoms with Gasteiger partial charge in [-0.2, -0.15) is 0 Å². The number of esters is 1. The Balaban J connectivity index is 1.76. The number of ether oxygens (including phenoxy) is 1. The lowest BCUT2D eigenvalue weighted by Gasteiger charge is -2.06. The molecule has 0 aliphatic heterocycles. The summed E-state index contributed by atoms with van der Waals surface area (Å²) >= 11 is 0. The summed E-state index contributed by atoms with van der Waals surface area (Å²) in [4.78, 5) is 27.2. The van der Waals surface area contributed by atoms with Gasteiger partial charge in [-0.25, -0.2) is 9.78 Å². The SMILES string of the molecule is CC(C)CCNC(=O)COC(=O)/C=C/c1nc2ccccc2o1. The lowest BCUT2D eigenvalue weighted by molar-refractivity contribution is -0.143. The molecule has 0 radical (unpaired) electrons. The average molecular weight is 316 g/mol. The maximum absolute atomic E-state index is 11.6. The Bertz CT molecular complexity index is 670. The highest BCUT2D eigenvalue weighted by Crippen LogP contribution is 2.15. The summed E-state index contributed by atoms with van der Waals surface area (Å²) in [6.07, 6.45) is 3.49. The van der Waals surface area contributed by atoms with Crippen molar-refractivity contribution in [3.63, 3.8) is 0 Å². The van der Waals surface area contributed by atoms with E-state index in [1.165, 1.54) is 12.2 Å². The zero-order valence-electron chi connectivity index (χ0n) is 13.2. The first-order valence-electron chi connectivity index (χ1n) is 7.51. The van der Waals surface area contributed by atoms with Crippen molar-refractivity contribution in [1.82, 2.24) is 10.3 Å². The van der Waals surface area contributed by atoms with Crippen LogP contribution in [0.2, 0.25) is 0 Å². The Kier molecular flexibility index (Phi) is 5.91. The topological polar surface area (TPSA) is 81.4 Å². The van der Waals surface area contributed by atoms with Gasteiger partial charge in [0, 0.05) is 18.7 Å².